The van der Waals surface area contributed by atoms with E-state index in [4.69, 9.17) is 16.0 Å². The number of benzene rings is 1. The Morgan fingerprint density at radius 3 is 3.00 bits per heavy atom. The van der Waals surface area contributed by atoms with Gasteiger partial charge >= 0.3 is 0 Å². The van der Waals surface area contributed by atoms with E-state index in [1.807, 2.05) is 6.07 Å². The molecule has 0 spiro atoms. The Balaban J connectivity index is 1.64. The fourth-order valence-electron chi connectivity index (χ4n) is 3.50. The zero-order valence-electron chi connectivity index (χ0n) is 15.5. The molecule has 6 nitrogen and oxygen atoms in total. The molecule has 2 heterocycles. The van der Waals surface area contributed by atoms with Crippen LogP contribution in [0, 0.1) is 5.92 Å². The van der Waals surface area contributed by atoms with Crippen molar-refractivity contribution >= 4 is 34.6 Å². The van der Waals surface area contributed by atoms with Gasteiger partial charge in [0.15, 0.2) is 5.58 Å². The third-order valence-corrected chi connectivity index (χ3v) is 4.88. The van der Waals surface area contributed by atoms with Crippen LogP contribution in [0.15, 0.2) is 22.6 Å². The summed E-state index contributed by atoms with van der Waals surface area (Å²) in [5.74, 6) is 0.308. The minimum Gasteiger partial charge on any atom is -0.423 e. The Morgan fingerprint density at radius 2 is 2.27 bits per heavy atom. The highest BCUT2D eigenvalue weighted by molar-refractivity contribution is 6.31. The van der Waals surface area contributed by atoms with E-state index in [0.29, 0.717) is 29.6 Å². The van der Waals surface area contributed by atoms with E-state index in [9.17, 15) is 9.90 Å². The molecule has 1 N–H and O–H groups in total. The number of anilines is 1. The molecule has 1 aromatic heterocycles. The Labute approximate surface area is 158 Å². The predicted octanol–water partition coefficient (Wildman–Crippen LogP) is 3.32. The molecule has 1 unspecified atom stereocenters. The van der Waals surface area contributed by atoms with Crippen molar-refractivity contribution in [3.8, 4) is 0 Å². The van der Waals surface area contributed by atoms with Crippen LogP contribution in [0.4, 0.5) is 6.01 Å². The molecule has 1 aliphatic rings. The topological polar surface area (TPSA) is 69.8 Å². The van der Waals surface area contributed by atoms with Crippen molar-refractivity contribution in [1.29, 1.82) is 0 Å². The average molecular weight is 380 g/mol. The smallest absolute Gasteiger partial charge is 0.298 e. The fourth-order valence-corrected chi connectivity index (χ4v) is 3.66. The number of rotatable bonds is 5. The maximum Gasteiger partial charge on any atom is 0.298 e. The van der Waals surface area contributed by atoms with Crippen molar-refractivity contribution in [3.63, 3.8) is 0 Å². The van der Waals surface area contributed by atoms with Crippen molar-refractivity contribution in [2.75, 3.05) is 31.6 Å². The van der Waals surface area contributed by atoms with Gasteiger partial charge in [-0.05, 0) is 44.7 Å². The van der Waals surface area contributed by atoms with E-state index in [1.54, 1.807) is 37.9 Å². The summed E-state index contributed by atoms with van der Waals surface area (Å²) >= 11 is 6.01. The highest BCUT2D eigenvalue weighted by Crippen LogP contribution is 2.29. The van der Waals surface area contributed by atoms with Gasteiger partial charge < -0.3 is 19.3 Å². The lowest BCUT2D eigenvalue weighted by molar-refractivity contribution is -0.133. The molecule has 7 heteroatoms. The van der Waals surface area contributed by atoms with Crippen LogP contribution in [0.1, 0.15) is 33.1 Å². The number of piperidine rings is 1. The molecular formula is C19H26ClN3O3. The number of likely N-dealkylation sites (N-methyl/N-ethyl adjacent to an activating group) is 1. The zero-order chi connectivity index (χ0) is 18.9. The summed E-state index contributed by atoms with van der Waals surface area (Å²) in [5, 5.41) is 10.5. The third-order valence-electron chi connectivity index (χ3n) is 4.64. The molecule has 1 saturated heterocycles. The van der Waals surface area contributed by atoms with Gasteiger partial charge in [-0.1, -0.05) is 11.6 Å². The number of oxazole rings is 1. The monoisotopic (exact) mass is 379 g/mol. The second kappa shape index (κ2) is 7.45. The quantitative estimate of drug-likeness (QED) is 0.862. The fraction of sp³-hybridized carbons (Fsp3) is 0.579. The van der Waals surface area contributed by atoms with Crippen molar-refractivity contribution < 1.29 is 14.3 Å². The number of carbonyl (C=O) groups is 1. The van der Waals surface area contributed by atoms with Gasteiger partial charge in [0.25, 0.3) is 6.01 Å². The number of hydrogen-bond donors (Lipinski definition) is 1. The normalized spacial score (nSPS) is 18.3. The minimum absolute atomic E-state index is 0.0586. The largest absolute Gasteiger partial charge is 0.423 e. The van der Waals surface area contributed by atoms with Gasteiger partial charge in [0.05, 0.1) is 5.60 Å². The lowest BCUT2D eigenvalue weighted by Crippen LogP contribution is -2.42. The van der Waals surface area contributed by atoms with Crippen LogP contribution in [-0.2, 0) is 4.79 Å². The summed E-state index contributed by atoms with van der Waals surface area (Å²) in [4.78, 5) is 20.7. The standard InChI is InChI=1S/C19H26ClN3O3/c1-19(2,25)12-22(3)17(24)9-13-5-4-8-23(11-13)18-21-15-7-6-14(20)10-16(15)26-18/h6-7,10,13,25H,4-5,8-9,11-12H2,1-3H3. The van der Waals surface area contributed by atoms with Gasteiger partial charge in [-0.25, -0.2) is 0 Å². The van der Waals surface area contributed by atoms with Gasteiger partial charge in [0.2, 0.25) is 5.91 Å². The second-order valence-corrected chi connectivity index (χ2v) is 8.27. The Morgan fingerprint density at radius 1 is 1.50 bits per heavy atom. The first-order chi connectivity index (χ1) is 12.2. The molecule has 0 radical (unpaired) electrons. The second-order valence-electron chi connectivity index (χ2n) is 7.83. The maximum atomic E-state index is 12.5. The highest BCUT2D eigenvalue weighted by atomic mass is 35.5. The first kappa shape index (κ1) is 19.0. The van der Waals surface area contributed by atoms with Crippen LogP contribution in [0.25, 0.3) is 11.1 Å². The van der Waals surface area contributed by atoms with Crippen LogP contribution < -0.4 is 4.90 Å². The molecule has 0 aliphatic carbocycles. The predicted molar refractivity (Wildman–Crippen MR) is 103 cm³/mol. The number of carbonyl (C=O) groups excluding carboxylic acids is 1. The summed E-state index contributed by atoms with van der Waals surface area (Å²) in [6.45, 7) is 5.35. The van der Waals surface area contributed by atoms with E-state index in [-0.39, 0.29) is 11.8 Å². The van der Waals surface area contributed by atoms with Gasteiger partial charge in [0.1, 0.15) is 5.52 Å². The van der Waals surface area contributed by atoms with Crippen LogP contribution >= 0.6 is 11.6 Å². The maximum absolute atomic E-state index is 12.5. The molecule has 0 bridgehead atoms. The molecule has 142 valence electrons. The summed E-state index contributed by atoms with van der Waals surface area (Å²) in [5.41, 5.74) is 0.575. The van der Waals surface area contributed by atoms with Crippen molar-refractivity contribution in [2.24, 2.45) is 5.92 Å². The Bertz CT molecular complexity index is 784. The van der Waals surface area contributed by atoms with Gasteiger partial charge in [0, 0.05) is 44.2 Å². The van der Waals surface area contributed by atoms with Crippen LogP contribution in [0.5, 0.6) is 0 Å². The number of aliphatic hydroxyl groups is 1. The summed E-state index contributed by atoms with van der Waals surface area (Å²) in [7, 11) is 1.74. The van der Waals surface area contributed by atoms with E-state index in [2.05, 4.69) is 9.88 Å². The first-order valence-corrected chi connectivity index (χ1v) is 9.36. The SMILES string of the molecule is CN(CC(C)(C)O)C(=O)CC1CCCN(c2nc3ccc(Cl)cc3o2)C1. The van der Waals surface area contributed by atoms with Crippen LogP contribution in [0.2, 0.25) is 5.02 Å². The summed E-state index contributed by atoms with van der Waals surface area (Å²) in [6.07, 6.45) is 2.46. The number of amides is 1. The number of halogens is 1. The average Bonchev–Trinajstić information content (AvgIpc) is 2.96. The molecule has 0 saturated carbocycles. The molecule has 1 fully saturated rings. The van der Waals surface area contributed by atoms with Crippen LogP contribution in [-0.4, -0.2) is 53.2 Å². The van der Waals surface area contributed by atoms with E-state index < -0.39 is 5.60 Å². The number of aromatic nitrogens is 1. The zero-order valence-corrected chi connectivity index (χ0v) is 16.3. The molecule has 2 aromatic rings. The van der Waals surface area contributed by atoms with E-state index in [1.165, 1.54) is 0 Å². The van der Waals surface area contributed by atoms with Gasteiger partial charge in [-0.2, -0.15) is 4.98 Å². The summed E-state index contributed by atoms with van der Waals surface area (Å²) < 4.78 is 5.86. The number of hydrogen-bond acceptors (Lipinski definition) is 5. The summed E-state index contributed by atoms with van der Waals surface area (Å²) in [6, 6.07) is 6.00. The molecule has 26 heavy (non-hydrogen) atoms. The van der Waals surface area contributed by atoms with Crippen LogP contribution in [0.3, 0.4) is 0 Å². The lowest BCUT2D eigenvalue weighted by atomic mass is 9.94. The molecular weight excluding hydrogens is 354 g/mol. The van der Waals surface area contributed by atoms with E-state index >= 15 is 0 Å². The molecule has 1 amide bonds. The molecule has 1 aromatic carbocycles. The first-order valence-electron chi connectivity index (χ1n) is 8.99. The highest BCUT2D eigenvalue weighted by Gasteiger charge is 2.27. The minimum atomic E-state index is -0.886. The number of nitrogens with zero attached hydrogens (tertiary/aromatic N) is 3. The molecule has 1 atom stereocenters. The third kappa shape index (κ3) is 4.68. The lowest BCUT2D eigenvalue weighted by Gasteiger charge is -2.33. The molecule has 1 aliphatic heterocycles. The van der Waals surface area contributed by atoms with Gasteiger partial charge in [-0.3, -0.25) is 4.79 Å². The number of fused-ring (bicyclic) bond motifs is 1. The van der Waals surface area contributed by atoms with Crippen molar-refractivity contribution in [2.45, 2.75) is 38.7 Å². The molecule has 3 rings (SSSR count). The van der Waals surface area contributed by atoms with Gasteiger partial charge in [-0.15, -0.1) is 0 Å². The Hall–Kier alpha value is -1.79. The van der Waals surface area contributed by atoms with E-state index in [0.717, 1.165) is 31.4 Å². The van der Waals surface area contributed by atoms with Crippen molar-refractivity contribution in [3.05, 3.63) is 23.2 Å². The van der Waals surface area contributed by atoms with Crippen molar-refractivity contribution in [1.82, 2.24) is 9.88 Å². The Kier molecular flexibility index (Phi) is 5.44.